The van der Waals surface area contributed by atoms with E-state index in [2.05, 4.69) is 4.72 Å². The molecule has 106 valence electrons. The van der Waals surface area contributed by atoms with Crippen molar-refractivity contribution in [2.24, 2.45) is 0 Å². The first kappa shape index (κ1) is 14.3. The highest BCUT2D eigenvalue weighted by Crippen LogP contribution is 2.19. The highest BCUT2D eigenvalue weighted by atomic mass is 32.2. The second-order valence-corrected chi connectivity index (χ2v) is 6.58. The van der Waals surface area contributed by atoms with Gasteiger partial charge in [0, 0.05) is 18.8 Å². The van der Waals surface area contributed by atoms with Gasteiger partial charge in [0.2, 0.25) is 10.0 Å². The van der Waals surface area contributed by atoms with Gasteiger partial charge in [-0.05, 0) is 43.9 Å². The molecule has 1 aliphatic heterocycles. The number of nitrogens with one attached hydrogen (secondary N) is 1. The predicted molar refractivity (Wildman–Crippen MR) is 74.4 cm³/mol. The topological polar surface area (TPSA) is 81.4 Å². The molecule has 0 aromatic heterocycles. The fraction of sp³-hybridized carbons (Fsp3) is 0.538. The van der Waals surface area contributed by atoms with Crippen LogP contribution in [-0.4, -0.2) is 27.7 Å². The number of anilines is 1. The van der Waals surface area contributed by atoms with Gasteiger partial charge < -0.3 is 10.5 Å². The summed E-state index contributed by atoms with van der Waals surface area (Å²) in [4.78, 5) is 0.250. The van der Waals surface area contributed by atoms with Gasteiger partial charge in [-0.25, -0.2) is 13.1 Å². The van der Waals surface area contributed by atoms with Crippen molar-refractivity contribution in [3.63, 3.8) is 0 Å². The summed E-state index contributed by atoms with van der Waals surface area (Å²) in [6.07, 6.45) is 2.97. The second-order valence-electron chi connectivity index (χ2n) is 4.85. The molecule has 6 heteroatoms. The molecule has 0 amide bonds. The van der Waals surface area contributed by atoms with Gasteiger partial charge in [-0.2, -0.15) is 0 Å². The first-order valence-corrected chi connectivity index (χ1v) is 7.95. The van der Waals surface area contributed by atoms with Crippen LogP contribution in [0.5, 0.6) is 0 Å². The average Bonchev–Trinajstić information content (AvgIpc) is 2.85. The quantitative estimate of drug-likeness (QED) is 0.801. The van der Waals surface area contributed by atoms with E-state index in [-0.39, 0.29) is 11.0 Å². The summed E-state index contributed by atoms with van der Waals surface area (Å²) in [5.74, 6) is 0. The van der Waals surface area contributed by atoms with E-state index in [0.717, 1.165) is 19.4 Å². The first-order valence-electron chi connectivity index (χ1n) is 6.46. The molecule has 3 N–H and O–H groups in total. The Kier molecular flexibility index (Phi) is 4.44. The third-order valence-corrected chi connectivity index (χ3v) is 4.89. The fourth-order valence-electron chi connectivity index (χ4n) is 2.21. The summed E-state index contributed by atoms with van der Waals surface area (Å²) < 4.78 is 32.4. The van der Waals surface area contributed by atoms with E-state index in [1.54, 1.807) is 19.1 Å². The molecular formula is C13H20N2O3S. The molecule has 1 aromatic carbocycles. The Labute approximate surface area is 114 Å². The van der Waals surface area contributed by atoms with Crippen LogP contribution in [0.2, 0.25) is 0 Å². The minimum absolute atomic E-state index is 0.185. The van der Waals surface area contributed by atoms with E-state index in [4.69, 9.17) is 10.5 Å². The lowest BCUT2D eigenvalue weighted by molar-refractivity contribution is 0.105. The number of nitrogens with two attached hydrogens (primary N) is 1. The first-order chi connectivity index (χ1) is 8.99. The summed E-state index contributed by atoms with van der Waals surface area (Å²) >= 11 is 0. The number of ether oxygens (including phenoxy) is 1. The second kappa shape index (κ2) is 5.90. The number of sulfonamides is 1. The molecule has 1 aromatic rings. The molecule has 0 radical (unpaired) electrons. The van der Waals surface area contributed by atoms with Gasteiger partial charge in [0.05, 0.1) is 11.0 Å². The minimum Gasteiger partial charge on any atom is -0.399 e. The third kappa shape index (κ3) is 3.68. The Balaban J connectivity index is 1.99. The molecule has 1 saturated heterocycles. The Morgan fingerprint density at radius 3 is 2.95 bits per heavy atom. The lowest BCUT2D eigenvalue weighted by Gasteiger charge is -2.12. The number of aryl methyl sites for hydroxylation is 1. The van der Waals surface area contributed by atoms with Gasteiger partial charge in [0.25, 0.3) is 0 Å². The molecule has 5 nitrogen and oxygen atoms in total. The molecule has 2 rings (SSSR count). The molecule has 0 aliphatic carbocycles. The van der Waals surface area contributed by atoms with Crippen molar-refractivity contribution < 1.29 is 13.2 Å². The zero-order valence-electron chi connectivity index (χ0n) is 11.1. The molecule has 0 saturated carbocycles. The lowest BCUT2D eigenvalue weighted by atomic mass is 10.2. The van der Waals surface area contributed by atoms with Gasteiger partial charge in [-0.3, -0.25) is 0 Å². The number of hydrogen-bond donors (Lipinski definition) is 2. The molecule has 1 atom stereocenters. The summed E-state index contributed by atoms with van der Waals surface area (Å²) in [5, 5.41) is 0. The van der Waals surface area contributed by atoms with Crippen LogP contribution in [0.4, 0.5) is 5.69 Å². The number of hydrogen-bond acceptors (Lipinski definition) is 4. The smallest absolute Gasteiger partial charge is 0.240 e. The molecule has 0 spiro atoms. The maximum Gasteiger partial charge on any atom is 0.240 e. The normalized spacial score (nSPS) is 19.7. The van der Waals surface area contributed by atoms with Crippen LogP contribution < -0.4 is 10.5 Å². The van der Waals surface area contributed by atoms with E-state index < -0.39 is 10.0 Å². The van der Waals surface area contributed by atoms with Crippen LogP contribution >= 0.6 is 0 Å². The fourth-order valence-corrected chi connectivity index (χ4v) is 3.54. The highest BCUT2D eigenvalue weighted by Gasteiger charge is 2.19. The van der Waals surface area contributed by atoms with Crippen molar-refractivity contribution in [3.8, 4) is 0 Å². The van der Waals surface area contributed by atoms with Gasteiger partial charge in [-0.1, -0.05) is 6.07 Å². The third-order valence-electron chi connectivity index (χ3n) is 3.28. The van der Waals surface area contributed by atoms with Gasteiger partial charge in [0.1, 0.15) is 0 Å². The molecule has 1 heterocycles. The largest absolute Gasteiger partial charge is 0.399 e. The molecule has 1 unspecified atom stereocenters. The van der Waals surface area contributed by atoms with Crippen molar-refractivity contribution in [3.05, 3.63) is 23.8 Å². The van der Waals surface area contributed by atoms with Crippen molar-refractivity contribution in [1.82, 2.24) is 4.72 Å². The van der Waals surface area contributed by atoms with Gasteiger partial charge in [0.15, 0.2) is 0 Å². The van der Waals surface area contributed by atoms with Crippen molar-refractivity contribution in [1.29, 1.82) is 0 Å². The van der Waals surface area contributed by atoms with Crippen molar-refractivity contribution in [2.75, 3.05) is 18.9 Å². The Morgan fingerprint density at radius 1 is 1.47 bits per heavy atom. The molecule has 1 aliphatic rings. The Bertz CT molecular complexity index is 537. The van der Waals surface area contributed by atoms with E-state index in [1.807, 2.05) is 0 Å². The standard InChI is InChI=1S/C13H20N2O3S/c1-10-4-5-11(14)9-13(10)19(16,17)15-7-6-12-3-2-8-18-12/h4-5,9,12,15H,2-3,6-8,14H2,1H3. The molecular weight excluding hydrogens is 264 g/mol. The van der Waals surface area contributed by atoms with E-state index >= 15 is 0 Å². The molecule has 19 heavy (non-hydrogen) atoms. The van der Waals surface area contributed by atoms with Crippen LogP contribution in [0.3, 0.4) is 0 Å². The van der Waals surface area contributed by atoms with Crippen LogP contribution in [0.1, 0.15) is 24.8 Å². The van der Waals surface area contributed by atoms with Crippen LogP contribution in [0.15, 0.2) is 23.1 Å². The number of nitrogen functional groups attached to an aromatic ring is 1. The maximum atomic E-state index is 12.2. The number of rotatable bonds is 5. The Morgan fingerprint density at radius 2 is 2.26 bits per heavy atom. The molecule has 0 bridgehead atoms. The lowest BCUT2D eigenvalue weighted by Crippen LogP contribution is -2.27. The zero-order chi connectivity index (χ0) is 13.9. The molecule has 1 fully saturated rings. The van der Waals surface area contributed by atoms with Gasteiger partial charge >= 0.3 is 0 Å². The summed E-state index contributed by atoms with van der Waals surface area (Å²) in [7, 11) is -3.49. The van der Waals surface area contributed by atoms with E-state index in [9.17, 15) is 8.42 Å². The van der Waals surface area contributed by atoms with Crippen LogP contribution in [0.25, 0.3) is 0 Å². The average molecular weight is 284 g/mol. The SMILES string of the molecule is Cc1ccc(N)cc1S(=O)(=O)NCCC1CCCO1. The monoisotopic (exact) mass is 284 g/mol. The van der Waals surface area contributed by atoms with Crippen molar-refractivity contribution >= 4 is 15.7 Å². The predicted octanol–water partition coefficient (Wildman–Crippen LogP) is 1.42. The van der Waals surface area contributed by atoms with Crippen LogP contribution in [0, 0.1) is 6.92 Å². The highest BCUT2D eigenvalue weighted by molar-refractivity contribution is 7.89. The van der Waals surface area contributed by atoms with E-state index in [1.165, 1.54) is 6.07 Å². The summed E-state index contributed by atoms with van der Waals surface area (Å²) in [6.45, 7) is 2.93. The number of benzene rings is 1. The maximum absolute atomic E-state index is 12.2. The summed E-state index contributed by atoms with van der Waals surface area (Å²) in [6, 6.07) is 4.90. The van der Waals surface area contributed by atoms with E-state index in [0.29, 0.717) is 24.2 Å². The Hall–Kier alpha value is -1.11. The zero-order valence-corrected chi connectivity index (χ0v) is 11.9. The minimum atomic E-state index is -3.49. The van der Waals surface area contributed by atoms with Crippen LogP contribution in [-0.2, 0) is 14.8 Å². The van der Waals surface area contributed by atoms with Crippen molar-refractivity contribution in [2.45, 2.75) is 37.2 Å². The van der Waals surface area contributed by atoms with Gasteiger partial charge in [-0.15, -0.1) is 0 Å². The summed E-state index contributed by atoms with van der Waals surface area (Å²) in [5.41, 5.74) is 6.78.